The molecular weight excluding hydrogens is 256 g/mol. The quantitative estimate of drug-likeness (QED) is 0.609. The number of aryl methyl sites for hydroxylation is 1. The van der Waals surface area contributed by atoms with Gasteiger partial charge in [-0.15, -0.1) is 0 Å². The van der Waals surface area contributed by atoms with E-state index in [1.54, 1.807) is 12.4 Å². The van der Waals surface area contributed by atoms with Gasteiger partial charge in [0, 0.05) is 44.2 Å². The van der Waals surface area contributed by atoms with Crippen LogP contribution in [0.2, 0.25) is 0 Å². The van der Waals surface area contributed by atoms with Crippen molar-refractivity contribution in [2.75, 3.05) is 13.1 Å². The molecule has 0 spiro atoms. The minimum atomic E-state index is -0.0198. The van der Waals surface area contributed by atoms with Gasteiger partial charge in [0.15, 0.2) is 0 Å². The van der Waals surface area contributed by atoms with Crippen molar-refractivity contribution < 1.29 is 9.59 Å². The summed E-state index contributed by atoms with van der Waals surface area (Å²) in [7, 11) is 0. The van der Waals surface area contributed by atoms with E-state index in [9.17, 15) is 9.59 Å². The Balaban J connectivity index is 1.47. The molecule has 2 unspecified atom stereocenters. The second-order valence-corrected chi connectivity index (χ2v) is 5.35. The van der Waals surface area contributed by atoms with Crippen LogP contribution in [-0.2, 0) is 16.0 Å². The van der Waals surface area contributed by atoms with Crippen LogP contribution >= 0.6 is 0 Å². The first-order valence-corrected chi connectivity index (χ1v) is 7.19. The molecule has 1 fully saturated rings. The molecule has 0 bridgehead atoms. The number of aromatic amines is 1. The van der Waals surface area contributed by atoms with Crippen LogP contribution in [0.4, 0.5) is 0 Å². The molecule has 6 nitrogen and oxygen atoms in total. The van der Waals surface area contributed by atoms with Crippen molar-refractivity contribution in [3.8, 4) is 0 Å². The summed E-state index contributed by atoms with van der Waals surface area (Å²) in [5, 5.41) is 5.64. The van der Waals surface area contributed by atoms with Crippen LogP contribution in [0.5, 0.6) is 0 Å². The number of amides is 2. The first-order valence-electron chi connectivity index (χ1n) is 7.19. The van der Waals surface area contributed by atoms with Crippen molar-refractivity contribution in [1.29, 1.82) is 0 Å². The van der Waals surface area contributed by atoms with Crippen molar-refractivity contribution in [3.63, 3.8) is 0 Å². The highest BCUT2D eigenvalue weighted by atomic mass is 16.2. The van der Waals surface area contributed by atoms with E-state index in [0.29, 0.717) is 25.4 Å². The van der Waals surface area contributed by atoms with Crippen LogP contribution in [0.1, 0.15) is 32.0 Å². The number of hydrogen-bond donors (Lipinski definition) is 3. The number of nitrogens with zero attached hydrogens (tertiary/aromatic N) is 1. The van der Waals surface area contributed by atoms with Gasteiger partial charge in [-0.1, -0.05) is 6.92 Å². The molecule has 0 saturated heterocycles. The molecule has 110 valence electrons. The van der Waals surface area contributed by atoms with Gasteiger partial charge in [0.25, 0.3) is 0 Å². The third kappa shape index (κ3) is 4.68. The second-order valence-electron chi connectivity index (χ2n) is 5.35. The Hall–Kier alpha value is -1.85. The van der Waals surface area contributed by atoms with Crippen molar-refractivity contribution in [1.82, 2.24) is 20.6 Å². The largest absolute Gasteiger partial charge is 0.356 e. The molecule has 6 heteroatoms. The lowest BCUT2D eigenvalue weighted by Crippen LogP contribution is -2.32. The standard InChI is InChI=1S/C14H22N4O2/c1-10-9-11(10)14(20)18-6-4-13(19)17-5-2-3-12-15-7-8-16-12/h7-8,10-11H,2-6,9H2,1H3,(H,15,16)(H,17,19)(H,18,20). The van der Waals surface area contributed by atoms with Crippen LogP contribution in [0.15, 0.2) is 12.4 Å². The minimum absolute atomic E-state index is 0.0198. The monoisotopic (exact) mass is 278 g/mol. The number of nitrogens with one attached hydrogen (secondary N) is 3. The van der Waals surface area contributed by atoms with E-state index in [4.69, 9.17) is 0 Å². The number of carbonyl (C=O) groups excluding carboxylic acids is 2. The van der Waals surface area contributed by atoms with Gasteiger partial charge in [-0.2, -0.15) is 0 Å². The molecule has 20 heavy (non-hydrogen) atoms. The molecule has 2 atom stereocenters. The average molecular weight is 278 g/mol. The van der Waals surface area contributed by atoms with Gasteiger partial charge < -0.3 is 15.6 Å². The Morgan fingerprint density at radius 2 is 2.20 bits per heavy atom. The molecule has 1 aromatic heterocycles. The maximum absolute atomic E-state index is 11.5. The SMILES string of the molecule is CC1CC1C(=O)NCCC(=O)NCCCc1ncc[nH]1. The second kappa shape index (κ2) is 7.07. The molecule has 0 aromatic carbocycles. The smallest absolute Gasteiger partial charge is 0.223 e. The summed E-state index contributed by atoms with van der Waals surface area (Å²) in [5.74, 6) is 1.68. The Morgan fingerprint density at radius 1 is 1.40 bits per heavy atom. The van der Waals surface area contributed by atoms with E-state index in [1.807, 2.05) is 0 Å². The molecule has 1 aliphatic rings. The third-order valence-corrected chi connectivity index (χ3v) is 3.56. The highest BCUT2D eigenvalue weighted by molar-refractivity contribution is 5.82. The highest BCUT2D eigenvalue weighted by Crippen LogP contribution is 2.37. The fourth-order valence-corrected chi connectivity index (χ4v) is 2.12. The van der Waals surface area contributed by atoms with Gasteiger partial charge in [0.05, 0.1) is 0 Å². The Bertz CT molecular complexity index is 444. The number of imidazole rings is 1. The van der Waals surface area contributed by atoms with E-state index in [2.05, 4.69) is 27.5 Å². The molecular formula is C14H22N4O2. The fraction of sp³-hybridized carbons (Fsp3) is 0.643. The zero-order valence-corrected chi connectivity index (χ0v) is 11.8. The average Bonchev–Trinajstić information content (AvgIpc) is 2.94. The van der Waals surface area contributed by atoms with Gasteiger partial charge >= 0.3 is 0 Å². The van der Waals surface area contributed by atoms with E-state index in [1.165, 1.54) is 0 Å². The van der Waals surface area contributed by atoms with Gasteiger partial charge in [0.2, 0.25) is 11.8 Å². The topological polar surface area (TPSA) is 86.9 Å². The summed E-state index contributed by atoms with van der Waals surface area (Å²) >= 11 is 0. The zero-order chi connectivity index (χ0) is 14.4. The van der Waals surface area contributed by atoms with Gasteiger partial charge in [-0.05, 0) is 18.8 Å². The Kier molecular flexibility index (Phi) is 5.15. The molecule has 1 aromatic rings. The summed E-state index contributed by atoms with van der Waals surface area (Å²) in [6, 6.07) is 0. The maximum Gasteiger partial charge on any atom is 0.223 e. The third-order valence-electron chi connectivity index (χ3n) is 3.56. The Labute approximate surface area is 118 Å². The van der Waals surface area contributed by atoms with Crippen molar-refractivity contribution in [2.45, 2.75) is 32.6 Å². The number of rotatable bonds is 8. The minimum Gasteiger partial charge on any atom is -0.356 e. The fourth-order valence-electron chi connectivity index (χ4n) is 2.12. The van der Waals surface area contributed by atoms with Gasteiger partial charge in [-0.25, -0.2) is 4.98 Å². The number of H-pyrrole nitrogens is 1. The van der Waals surface area contributed by atoms with E-state index in [-0.39, 0.29) is 17.7 Å². The molecule has 1 aliphatic carbocycles. The van der Waals surface area contributed by atoms with Crippen LogP contribution in [0, 0.1) is 11.8 Å². The molecule has 1 saturated carbocycles. The van der Waals surface area contributed by atoms with Crippen LogP contribution in [0.25, 0.3) is 0 Å². The van der Waals surface area contributed by atoms with Crippen LogP contribution in [0.3, 0.4) is 0 Å². The Morgan fingerprint density at radius 3 is 2.85 bits per heavy atom. The molecule has 0 radical (unpaired) electrons. The van der Waals surface area contributed by atoms with Crippen molar-refractivity contribution >= 4 is 11.8 Å². The number of carbonyl (C=O) groups is 2. The zero-order valence-electron chi connectivity index (χ0n) is 11.8. The van der Waals surface area contributed by atoms with Gasteiger partial charge in [-0.3, -0.25) is 9.59 Å². The summed E-state index contributed by atoms with van der Waals surface area (Å²) in [6.07, 6.45) is 6.50. The summed E-state index contributed by atoms with van der Waals surface area (Å²) in [4.78, 5) is 30.2. The molecule has 2 rings (SSSR count). The summed E-state index contributed by atoms with van der Waals surface area (Å²) < 4.78 is 0. The first kappa shape index (κ1) is 14.6. The summed E-state index contributed by atoms with van der Waals surface area (Å²) in [5.41, 5.74) is 0. The molecule has 3 N–H and O–H groups in total. The lowest BCUT2D eigenvalue weighted by Gasteiger charge is -2.06. The van der Waals surface area contributed by atoms with E-state index < -0.39 is 0 Å². The maximum atomic E-state index is 11.5. The van der Waals surface area contributed by atoms with Gasteiger partial charge in [0.1, 0.15) is 5.82 Å². The molecule has 2 amide bonds. The molecule has 1 heterocycles. The summed E-state index contributed by atoms with van der Waals surface area (Å²) in [6.45, 7) is 3.12. The van der Waals surface area contributed by atoms with Crippen molar-refractivity contribution in [2.24, 2.45) is 11.8 Å². The normalized spacial score (nSPS) is 20.4. The first-order chi connectivity index (χ1) is 9.66. The van der Waals surface area contributed by atoms with Crippen LogP contribution < -0.4 is 10.6 Å². The van der Waals surface area contributed by atoms with E-state index >= 15 is 0 Å². The van der Waals surface area contributed by atoms with E-state index in [0.717, 1.165) is 25.1 Å². The molecule has 0 aliphatic heterocycles. The number of hydrogen-bond acceptors (Lipinski definition) is 3. The lowest BCUT2D eigenvalue weighted by molar-refractivity contribution is -0.123. The lowest BCUT2D eigenvalue weighted by atomic mass is 10.3. The highest BCUT2D eigenvalue weighted by Gasteiger charge is 2.38. The predicted octanol–water partition coefficient (Wildman–Crippen LogP) is 0.621. The van der Waals surface area contributed by atoms with Crippen molar-refractivity contribution in [3.05, 3.63) is 18.2 Å². The predicted molar refractivity (Wildman–Crippen MR) is 74.8 cm³/mol. The van der Waals surface area contributed by atoms with Crippen LogP contribution in [-0.4, -0.2) is 34.9 Å². The number of aromatic nitrogens is 2.